The van der Waals surface area contributed by atoms with Crippen molar-refractivity contribution >= 4 is 17.8 Å². The molecule has 2 aliphatic rings. The lowest BCUT2D eigenvalue weighted by atomic mass is 9.81. The lowest BCUT2D eigenvalue weighted by Crippen LogP contribution is -2.73. The Labute approximate surface area is 250 Å². The molecule has 2 amide bonds. The summed E-state index contributed by atoms with van der Waals surface area (Å²) in [5.41, 5.74) is 0.801. The number of nitrogens with one attached hydrogen (secondary N) is 1. The van der Waals surface area contributed by atoms with Gasteiger partial charge < -0.3 is 24.6 Å². The van der Waals surface area contributed by atoms with Crippen LogP contribution in [-0.2, 0) is 36.9 Å². The first-order chi connectivity index (χ1) is 20.2. The second kappa shape index (κ2) is 14.8. The highest BCUT2D eigenvalue weighted by Crippen LogP contribution is 2.33. The smallest absolute Gasteiger partial charge is 0.308 e. The van der Waals surface area contributed by atoms with Crippen molar-refractivity contribution in [3.63, 3.8) is 0 Å². The molecule has 2 fully saturated rings. The van der Waals surface area contributed by atoms with E-state index in [-0.39, 0.29) is 37.4 Å². The summed E-state index contributed by atoms with van der Waals surface area (Å²) < 4.78 is 11.3. The fourth-order valence-corrected chi connectivity index (χ4v) is 5.91. The van der Waals surface area contributed by atoms with E-state index in [9.17, 15) is 14.4 Å². The second-order valence-electron chi connectivity index (χ2n) is 12.5. The van der Waals surface area contributed by atoms with Crippen LogP contribution in [0.15, 0.2) is 60.7 Å². The van der Waals surface area contributed by atoms with Crippen LogP contribution in [0, 0.1) is 0 Å². The summed E-state index contributed by atoms with van der Waals surface area (Å²) in [6.07, 6.45) is 5.64. The van der Waals surface area contributed by atoms with Crippen molar-refractivity contribution in [2.75, 3.05) is 32.8 Å². The van der Waals surface area contributed by atoms with Gasteiger partial charge in [-0.3, -0.25) is 14.4 Å². The van der Waals surface area contributed by atoms with Crippen molar-refractivity contribution in [2.45, 2.75) is 89.5 Å². The molecule has 2 saturated heterocycles. The summed E-state index contributed by atoms with van der Waals surface area (Å²) in [6, 6.07) is 19.5. The lowest BCUT2D eigenvalue weighted by Gasteiger charge is -2.51. The minimum atomic E-state index is -0.959. The minimum Gasteiger partial charge on any atom is -0.460 e. The molecule has 4 rings (SSSR count). The molecule has 8 heteroatoms. The van der Waals surface area contributed by atoms with Crippen LogP contribution in [0.5, 0.6) is 0 Å². The molecule has 1 atom stereocenters. The molecule has 8 nitrogen and oxygen atoms in total. The topological polar surface area (TPSA) is 88.2 Å². The van der Waals surface area contributed by atoms with Crippen LogP contribution >= 0.6 is 0 Å². The van der Waals surface area contributed by atoms with Crippen LogP contribution in [0.25, 0.3) is 0 Å². The third kappa shape index (κ3) is 8.88. The summed E-state index contributed by atoms with van der Waals surface area (Å²) in [4.78, 5) is 44.1. The van der Waals surface area contributed by atoms with E-state index in [1.807, 2.05) is 57.2 Å². The number of hydrogen-bond donors (Lipinski definition) is 1. The Kier molecular flexibility index (Phi) is 11.2. The van der Waals surface area contributed by atoms with Gasteiger partial charge >= 0.3 is 5.97 Å². The average molecular weight is 578 g/mol. The van der Waals surface area contributed by atoms with Gasteiger partial charge in [0, 0.05) is 19.6 Å². The van der Waals surface area contributed by atoms with Crippen molar-refractivity contribution in [1.82, 2.24) is 15.1 Å². The molecule has 0 radical (unpaired) electrons. The maximum Gasteiger partial charge on any atom is 0.308 e. The van der Waals surface area contributed by atoms with E-state index >= 15 is 0 Å². The normalized spacial score (nSPS) is 19.1. The Morgan fingerprint density at radius 1 is 0.905 bits per heavy atom. The molecule has 0 aliphatic carbocycles. The van der Waals surface area contributed by atoms with Crippen LogP contribution in [0.1, 0.15) is 70.4 Å². The summed E-state index contributed by atoms with van der Waals surface area (Å²) in [5, 5.41) is 2.97. The summed E-state index contributed by atoms with van der Waals surface area (Å²) in [7, 11) is 0. The molecule has 2 heterocycles. The fraction of sp³-hybridized carbons (Fsp3) is 0.559. The molecule has 2 aromatic carbocycles. The molecular formula is C34H47N3O5. The first kappa shape index (κ1) is 31.7. The zero-order valence-corrected chi connectivity index (χ0v) is 25.5. The predicted molar refractivity (Wildman–Crippen MR) is 163 cm³/mol. The van der Waals surface area contributed by atoms with Crippen molar-refractivity contribution in [1.29, 1.82) is 0 Å². The molecule has 228 valence electrons. The van der Waals surface area contributed by atoms with E-state index in [4.69, 9.17) is 9.47 Å². The molecule has 0 saturated carbocycles. The molecular weight excluding hydrogens is 530 g/mol. The van der Waals surface area contributed by atoms with Crippen molar-refractivity contribution < 1.29 is 23.9 Å². The standard InChI is InChI=1S/C34H47N3O5/c1-33(2,3)42-30(38)18-22-37-31(39)29(26-41-25-28-16-9-5-10-17-28)35-32(40)34(37)19-23-36(24-20-34)21-12-6-11-15-27-13-7-4-8-14-27/h4-5,7-10,13-14,16-17,29H,6,11-12,15,18-26H2,1-3H3,(H,35,40). The number of unbranched alkanes of at least 4 members (excludes halogenated alkanes) is 2. The molecule has 0 aromatic heterocycles. The third-order valence-electron chi connectivity index (χ3n) is 8.13. The Hall–Kier alpha value is -3.23. The molecule has 1 spiro atoms. The Morgan fingerprint density at radius 3 is 2.19 bits per heavy atom. The largest absolute Gasteiger partial charge is 0.460 e. The van der Waals surface area contributed by atoms with Gasteiger partial charge in [0.1, 0.15) is 17.2 Å². The maximum absolute atomic E-state index is 13.8. The number of carbonyl (C=O) groups is 3. The highest BCUT2D eigenvalue weighted by Gasteiger charge is 2.53. The molecule has 1 N–H and O–H groups in total. The highest BCUT2D eigenvalue weighted by atomic mass is 16.6. The minimum absolute atomic E-state index is 0.0424. The summed E-state index contributed by atoms with van der Waals surface area (Å²) in [6.45, 7) is 8.49. The molecule has 2 aliphatic heterocycles. The number of piperidine rings is 1. The Morgan fingerprint density at radius 2 is 1.55 bits per heavy atom. The second-order valence-corrected chi connectivity index (χ2v) is 12.5. The predicted octanol–water partition coefficient (Wildman–Crippen LogP) is 4.51. The summed E-state index contributed by atoms with van der Waals surface area (Å²) in [5.74, 6) is -0.719. The van der Waals surface area contributed by atoms with Crippen molar-refractivity contribution in [3.8, 4) is 0 Å². The first-order valence-corrected chi connectivity index (χ1v) is 15.4. The Balaban J connectivity index is 1.33. The number of benzene rings is 2. The number of aryl methyl sites for hydroxylation is 1. The first-order valence-electron chi connectivity index (χ1n) is 15.4. The number of esters is 1. The molecule has 1 unspecified atom stereocenters. The number of nitrogens with zero attached hydrogens (tertiary/aromatic N) is 2. The number of ether oxygens (including phenoxy) is 2. The van der Waals surface area contributed by atoms with Gasteiger partial charge in [-0.2, -0.15) is 0 Å². The monoisotopic (exact) mass is 577 g/mol. The van der Waals surface area contributed by atoms with Gasteiger partial charge in [-0.25, -0.2) is 0 Å². The molecule has 0 bridgehead atoms. The van der Waals surface area contributed by atoms with Gasteiger partial charge in [0.2, 0.25) is 11.8 Å². The maximum atomic E-state index is 13.8. The number of rotatable bonds is 13. The van der Waals surface area contributed by atoms with Crippen LogP contribution in [-0.4, -0.2) is 77.6 Å². The zero-order chi connectivity index (χ0) is 30.0. The van der Waals surface area contributed by atoms with Gasteiger partial charge in [0.25, 0.3) is 0 Å². The number of likely N-dealkylation sites (tertiary alicyclic amines) is 1. The van der Waals surface area contributed by atoms with E-state index in [0.717, 1.165) is 50.9 Å². The van der Waals surface area contributed by atoms with E-state index in [1.54, 1.807) is 4.90 Å². The Bertz CT molecular complexity index is 1160. The molecule has 42 heavy (non-hydrogen) atoms. The van der Waals surface area contributed by atoms with Crippen LogP contribution < -0.4 is 5.32 Å². The van der Waals surface area contributed by atoms with Crippen LogP contribution in [0.4, 0.5) is 0 Å². The SMILES string of the molecule is CC(C)(C)OC(=O)CCN1C(=O)C(COCc2ccccc2)NC(=O)C12CCN(CCCCCc1ccccc1)CC2. The average Bonchev–Trinajstić information content (AvgIpc) is 2.96. The van der Waals surface area contributed by atoms with E-state index in [1.165, 1.54) is 5.56 Å². The van der Waals surface area contributed by atoms with E-state index in [2.05, 4.69) is 34.5 Å². The van der Waals surface area contributed by atoms with Crippen molar-refractivity contribution in [2.24, 2.45) is 0 Å². The number of hydrogen-bond acceptors (Lipinski definition) is 6. The van der Waals surface area contributed by atoms with Crippen molar-refractivity contribution in [3.05, 3.63) is 71.8 Å². The van der Waals surface area contributed by atoms with Gasteiger partial charge in [0.05, 0.1) is 19.6 Å². The van der Waals surface area contributed by atoms with Gasteiger partial charge in [0.15, 0.2) is 0 Å². The zero-order valence-electron chi connectivity index (χ0n) is 25.5. The van der Waals surface area contributed by atoms with Crippen LogP contribution in [0.3, 0.4) is 0 Å². The molecule has 2 aromatic rings. The quantitative estimate of drug-likeness (QED) is 0.279. The lowest BCUT2D eigenvalue weighted by molar-refractivity contribution is -0.166. The van der Waals surface area contributed by atoms with Crippen LogP contribution in [0.2, 0.25) is 0 Å². The fourth-order valence-electron chi connectivity index (χ4n) is 5.91. The van der Waals surface area contributed by atoms with Gasteiger partial charge in [-0.15, -0.1) is 0 Å². The number of carbonyl (C=O) groups excluding carboxylic acids is 3. The van der Waals surface area contributed by atoms with Gasteiger partial charge in [-0.05, 0) is 70.5 Å². The highest BCUT2D eigenvalue weighted by molar-refractivity contribution is 6.00. The third-order valence-corrected chi connectivity index (χ3v) is 8.13. The summed E-state index contributed by atoms with van der Waals surface area (Å²) >= 11 is 0. The van der Waals surface area contributed by atoms with Gasteiger partial charge in [-0.1, -0.05) is 67.1 Å². The van der Waals surface area contributed by atoms with E-state index in [0.29, 0.717) is 19.4 Å². The number of piperazine rings is 1. The number of amides is 2. The van der Waals surface area contributed by atoms with E-state index < -0.39 is 17.2 Å².